The number of nitrogens with one attached hydrogen (secondary N) is 1. The number of rotatable bonds is 6. The molecule has 0 aliphatic rings. The topological polar surface area (TPSA) is 72.2 Å². The SMILES string of the molecule is CSCC(C)NS(=O)(=O)c1cc(CN)cs1. The lowest BCUT2D eigenvalue weighted by atomic mass is 10.4. The number of nitrogens with two attached hydrogens (primary N) is 1. The van der Waals surface area contributed by atoms with Gasteiger partial charge in [-0.15, -0.1) is 11.3 Å². The fourth-order valence-electron chi connectivity index (χ4n) is 1.21. The first-order chi connectivity index (χ1) is 7.49. The van der Waals surface area contributed by atoms with Crippen LogP contribution in [0.1, 0.15) is 12.5 Å². The quantitative estimate of drug-likeness (QED) is 0.822. The van der Waals surface area contributed by atoms with Crippen LogP contribution >= 0.6 is 23.1 Å². The molecule has 0 saturated heterocycles. The number of sulfonamides is 1. The minimum absolute atomic E-state index is 0.0663. The molecule has 1 unspecified atom stereocenters. The van der Waals surface area contributed by atoms with Crippen molar-refractivity contribution < 1.29 is 8.42 Å². The van der Waals surface area contributed by atoms with E-state index in [4.69, 9.17) is 5.73 Å². The lowest BCUT2D eigenvalue weighted by Crippen LogP contribution is -2.33. The first-order valence-electron chi connectivity index (χ1n) is 4.78. The molecule has 1 rings (SSSR count). The van der Waals surface area contributed by atoms with Gasteiger partial charge in [0, 0.05) is 18.3 Å². The highest BCUT2D eigenvalue weighted by molar-refractivity contribution is 7.98. The zero-order chi connectivity index (χ0) is 12.2. The zero-order valence-corrected chi connectivity index (χ0v) is 11.7. The van der Waals surface area contributed by atoms with E-state index in [1.165, 1.54) is 11.3 Å². The van der Waals surface area contributed by atoms with E-state index in [0.29, 0.717) is 10.8 Å². The molecule has 92 valence electrons. The Labute approximate surface area is 105 Å². The Kier molecular flexibility index (Phi) is 5.26. The molecular weight excluding hydrogens is 264 g/mol. The maximum Gasteiger partial charge on any atom is 0.250 e. The van der Waals surface area contributed by atoms with Crippen molar-refractivity contribution in [3.05, 3.63) is 17.0 Å². The van der Waals surface area contributed by atoms with E-state index in [9.17, 15) is 8.42 Å². The van der Waals surface area contributed by atoms with Crippen LogP contribution in [0.2, 0.25) is 0 Å². The standard InChI is InChI=1S/C9H16N2O2S3/c1-7(5-14-2)11-16(12,13)9-3-8(4-10)6-15-9/h3,6-7,11H,4-5,10H2,1-2H3. The molecule has 0 aliphatic carbocycles. The molecule has 16 heavy (non-hydrogen) atoms. The molecule has 7 heteroatoms. The second kappa shape index (κ2) is 6.02. The Balaban J connectivity index is 2.77. The highest BCUT2D eigenvalue weighted by atomic mass is 32.2. The van der Waals surface area contributed by atoms with Crippen LogP contribution in [0.15, 0.2) is 15.7 Å². The molecule has 0 spiro atoms. The van der Waals surface area contributed by atoms with Gasteiger partial charge < -0.3 is 5.73 Å². The van der Waals surface area contributed by atoms with Crippen LogP contribution in [0.25, 0.3) is 0 Å². The van der Waals surface area contributed by atoms with Gasteiger partial charge in [-0.25, -0.2) is 13.1 Å². The van der Waals surface area contributed by atoms with Crippen molar-refractivity contribution in [2.75, 3.05) is 12.0 Å². The van der Waals surface area contributed by atoms with E-state index < -0.39 is 10.0 Å². The van der Waals surface area contributed by atoms with Crippen LogP contribution in [-0.4, -0.2) is 26.5 Å². The molecule has 0 amide bonds. The summed E-state index contributed by atoms with van der Waals surface area (Å²) in [5.74, 6) is 0.758. The lowest BCUT2D eigenvalue weighted by Gasteiger charge is -2.11. The van der Waals surface area contributed by atoms with Gasteiger partial charge in [-0.2, -0.15) is 11.8 Å². The maximum atomic E-state index is 11.9. The molecule has 4 nitrogen and oxygen atoms in total. The summed E-state index contributed by atoms with van der Waals surface area (Å²) in [5.41, 5.74) is 6.29. The molecule has 0 aromatic carbocycles. The first kappa shape index (κ1) is 14.0. The van der Waals surface area contributed by atoms with Gasteiger partial charge in [0.1, 0.15) is 4.21 Å². The van der Waals surface area contributed by atoms with Crippen LogP contribution in [-0.2, 0) is 16.6 Å². The zero-order valence-electron chi connectivity index (χ0n) is 9.26. The summed E-state index contributed by atoms with van der Waals surface area (Å²) < 4.78 is 26.8. The van der Waals surface area contributed by atoms with Gasteiger partial charge in [0.25, 0.3) is 0 Å². The Morgan fingerprint density at radius 3 is 2.81 bits per heavy atom. The van der Waals surface area contributed by atoms with Crippen molar-refractivity contribution in [1.29, 1.82) is 0 Å². The lowest BCUT2D eigenvalue weighted by molar-refractivity contribution is 0.573. The molecule has 0 bridgehead atoms. The van der Waals surface area contributed by atoms with Crippen molar-refractivity contribution in [2.24, 2.45) is 5.73 Å². The largest absolute Gasteiger partial charge is 0.326 e. The minimum atomic E-state index is -3.37. The molecule has 1 aromatic rings. The average Bonchev–Trinajstić information content (AvgIpc) is 2.65. The predicted octanol–water partition coefficient (Wildman–Crippen LogP) is 1.24. The maximum absolute atomic E-state index is 11.9. The molecule has 1 heterocycles. The highest BCUT2D eigenvalue weighted by Gasteiger charge is 2.18. The van der Waals surface area contributed by atoms with Crippen molar-refractivity contribution in [3.8, 4) is 0 Å². The van der Waals surface area contributed by atoms with Crippen molar-refractivity contribution >= 4 is 33.1 Å². The summed E-state index contributed by atoms with van der Waals surface area (Å²) in [6, 6.07) is 1.56. The Hall–Kier alpha value is -0.0800. The van der Waals surface area contributed by atoms with E-state index in [1.54, 1.807) is 23.2 Å². The van der Waals surface area contributed by atoms with Gasteiger partial charge in [-0.1, -0.05) is 0 Å². The van der Waals surface area contributed by atoms with Crippen molar-refractivity contribution in [2.45, 2.75) is 23.7 Å². The van der Waals surface area contributed by atoms with Crippen molar-refractivity contribution in [1.82, 2.24) is 4.72 Å². The van der Waals surface area contributed by atoms with E-state index in [0.717, 1.165) is 11.3 Å². The monoisotopic (exact) mass is 280 g/mol. The van der Waals surface area contributed by atoms with Gasteiger partial charge in [0.05, 0.1) is 0 Å². The Morgan fingerprint density at radius 1 is 1.62 bits per heavy atom. The molecule has 3 N–H and O–H groups in total. The molecule has 1 atom stereocenters. The molecule has 1 aromatic heterocycles. The number of thiophene rings is 1. The Morgan fingerprint density at radius 2 is 2.31 bits per heavy atom. The average molecular weight is 280 g/mol. The van der Waals surface area contributed by atoms with E-state index in [2.05, 4.69) is 4.72 Å². The fraction of sp³-hybridized carbons (Fsp3) is 0.556. The van der Waals surface area contributed by atoms with Crippen LogP contribution < -0.4 is 10.5 Å². The summed E-state index contributed by atoms with van der Waals surface area (Å²) in [7, 11) is -3.37. The number of thioether (sulfide) groups is 1. The summed E-state index contributed by atoms with van der Waals surface area (Å²) in [6.45, 7) is 2.22. The molecule has 0 radical (unpaired) electrons. The van der Waals surface area contributed by atoms with Gasteiger partial charge in [-0.3, -0.25) is 0 Å². The normalized spacial score (nSPS) is 13.9. The second-order valence-corrected chi connectivity index (χ2v) is 7.22. The van der Waals surface area contributed by atoms with Crippen LogP contribution in [0.4, 0.5) is 0 Å². The third-order valence-corrected chi connectivity index (χ3v) is 5.81. The number of hydrogen-bond acceptors (Lipinski definition) is 5. The Bertz CT molecular complexity index is 428. The highest BCUT2D eigenvalue weighted by Crippen LogP contribution is 2.20. The van der Waals surface area contributed by atoms with E-state index in [1.807, 2.05) is 13.2 Å². The molecule has 0 fully saturated rings. The second-order valence-electron chi connectivity index (χ2n) is 3.46. The van der Waals surface area contributed by atoms with Crippen LogP contribution in [0, 0.1) is 0 Å². The molecular formula is C9H16N2O2S3. The third kappa shape index (κ3) is 3.74. The number of hydrogen-bond donors (Lipinski definition) is 2. The fourth-order valence-corrected chi connectivity index (χ4v) is 4.38. The summed E-state index contributed by atoms with van der Waals surface area (Å²) in [6.07, 6.45) is 1.95. The van der Waals surface area contributed by atoms with Gasteiger partial charge in [0.2, 0.25) is 10.0 Å². The van der Waals surface area contributed by atoms with Gasteiger partial charge in [0.15, 0.2) is 0 Å². The van der Waals surface area contributed by atoms with Crippen molar-refractivity contribution in [3.63, 3.8) is 0 Å². The van der Waals surface area contributed by atoms with E-state index in [-0.39, 0.29) is 6.04 Å². The van der Waals surface area contributed by atoms with Crippen LogP contribution in [0.3, 0.4) is 0 Å². The first-order valence-corrected chi connectivity index (χ1v) is 8.54. The predicted molar refractivity (Wildman–Crippen MR) is 70.4 cm³/mol. The third-order valence-electron chi connectivity index (χ3n) is 1.90. The molecule has 0 saturated carbocycles. The van der Waals surface area contributed by atoms with Gasteiger partial charge in [-0.05, 0) is 30.2 Å². The summed E-state index contributed by atoms with van der Waals surface area (Å²) >= 11 is 2.82. The van der Waals surface area contributed by atoms with Gasteiger partial charge >= 0.3 is 0 Å². The molecule has 0 aliphatic heterocycles. The smallest absolute Gasteiger partial charge is 0.250 e. The summed E-state index contributed by atoms with van der Waals surface area (Å²) in [5, 5.41) is 1.77. The summed E-state index contributed by atoms with van der Waals surface area (Å²) in [4.78, 5) is 0. The van der Waals surface area contributed by atoms with E-state index >= 15 is 0 Å². The minimum Gasteiger partial charge on any atom is -0.326 e. The van der Waals surface area contributed by atoms with Crippen LogP contribution in [0.5, 0.6) is 0 Å².